The highest BCUT2D eigenvalue weighted by Crippen LogP contribution is 2.16. The Morgan fingerprint density at radius 2 is 2.06 bits per heavy atom. The van der Waals surface area contributed by atoms with Gasteiger partial charge in [-0.3, -0.25) is 9.59 Å². The van der Waals surface area contributed by atoms with E-state index < -0.39 is 0 Å². The van der Waals surface area contributed by atoms with Crippen LogP contribution in [-0.2, 0) is 14.3 Å². The van der Waals surface area contributed by atoms with Crippen LogP contribution >= 0.6 is 0 Å². The minimum Gasteiger partial charge on any atom is -0.466 e. The summed E-state index contributed by atoms with van der Waals surface area (Å²) in [5.41, 5.74) is 6.83. The summed E-state index contributed by atoms with van der Waals surface area (Å²) in [6.45, 7) is 2.00. The van der Waals surface area contributed by atoms with Crippen LogP contribution in [0.25, 0.3) is 0 Å². The molecule has 5 nitrogen and oxygen atoms in total. The minimum atomic E-state index is -0.247. The largest absolute Gasteiger partial charge is 0.466 e. The van der Waals surface area contributed by atoms with E-state index in [9.17, 15) is 9.59 Å². The van der Waals surface area contributed by atoms with E-state index in [1.807, 2.05) is 0 Å². The first-order valence-corrected chi connectivity index (χ1v) is 5.93. The molecule has 3 N–H and O–H groups in total. The molecule has 0 aliphatic carbocycles. The van der Waals surface area contributed by atoms with Crippen molar-refractivity contribution in [2.24, 2.45) is 0 Å². The van der Waals surface area contributed by atoms with Gasteiger partial charge >= 0.3 is 5.97 Å². The second kappa shape index (κ2) is 7.32. The fourth-order valence-electron chi connectivity index (χ4n) is 1.34. The SMILES string of the molecule is CCC(=O)OCCCC(=O)Nc1ccccc1N. The molecule has 0 atom stereocenters. The predicted octanol–water partition coefficient (Wildman–Crippen LogP) is 1.94. The Morgan fingerprint density at radius 3 is 2.72 bits per heavy atom. The third-order valence-corrected chi connectivity index (χ3v) is 2.33. The fourth-order valence-corrected chi connectivity index (χ4v) is 1.34. The number of benzene rings is 1. The highest BCUT2D eigenvalue weighted by atomic mass is 16.5. The fraction of sp³-hybridized carbons (Fsp3) is 0.385. The van der Waals surface area contributed by atoms with Gasteiger partial charge < -0.3 is 15.8 Å². The Labute approximate surface area is 106 Å². The molecule has 0 aliphatic rings. The van der Waals surface area contributed by atoms with Crippen LogP contribution in [0.5, 0.6) is 0 Å². The number of nitrogens with one attached hydrogen (secondary N) is 1. The number of nitrogen functional groups attached to an aromatic ring is 1. The Morgan fingerprint density at radius 1 is 1.33 bits per heavy atom. The summed E-state index contributed by atoms with van der Waals surface area (Å²) in [5.74, 6) is -0.386. The molecule has 0 unspecified atom stereocenters. The zero-order valence-electron chi connectivity index (χ0n) is 10.4. The number of nitrogens with two attached hydrogens (primary N) is 1. The number of hydrogen-bond acceptors (Lipinski definition) is 4. The summed E-state index contributed by atoms with van der Waals surface area (Å²) in [5, 5.41) is 2.71. The van der Waals surface area contributed by atoms with Crippen molar-refractivity contribution in [2.45, 2.75) is 26.2 Å². The van der Waals surface area contributed by atoms with Crippen LogP contribution in [0.2, 0.25) is 0 Å². The summed E-state index contributed by atoms with van der Waals surface area (Å²) in [4.78, 5) is 22.4. The summed E-state index contributed by atoms with van der Waals surface area (Å²) in [7, 11) is 0. The lowest BCUT2D eigenvalue weighted by molar-refractivity contribution is -0.143. The van der Waals surface area contributed by atoms with Crippen LogP contribution < -0.4 is 11.1 Å². The Balaban J connectivity index is 2.26. The number of carbonyl (C=O) groups is 2. The van der Waals surface area contributed by atoms with Crippen molar-refractivity contribution in [1.82, 2.24) is 0 Å². The molecule has 0 bridgehead atoms. The lowest BCUT2D eigenvalue weighted by Crippen LogP contribution is -2.14. The molecule has 1 amide bonds. The molecule has 0 radical (unpaired) electrons. The summed E-state index contributed by atoms with van der Waals surface area (Å²) in [6, 6.07) is 7.06. The van der Waals surface area contributed by atoms with Crippen LogP contribution in [-0.4, -0.2) is 18.5 Å². The van der Waals surface area contributed by atoms with Gasteiger partial charge in [0.1, 0.15) is 0 Å². The van der Waals surface area contributed by atoms with Crippen molar-refractivity contribution in [1.29, 1.82) is 0 Å². The third kappa shape index (κ3) is 4.86. The van der Waals surface area contributed by atoms with E-state index in [0.717, 1.165) is 0 Å². The van der Waals surface area contributed by atoms with E-state index in [4.69, 9.17) is 10.5 Å². The van der Waals surface area contributed by atoms with Gasteiger partial charge in [-0.15, -0.1) is 0 Å². The summed E-state index contributed by atoms with van der Waals surface area (Å²) in [6.07, 6.45) is 1.16. The van der Waals surface area contributed by atoms with Crippen molar-refractivity contribution in [3.63, 3.8) is 0 Å². The van der Waals surface area contributed by atoms with Gasteiger partial charge in [-0.2, -0.15) is 0 Å². The van der Waals surface area contributed by atoms with Gasteiger partial charge in [0.15, 0.2) is 0 Å². The van der Waals surface area contributed by atoms with Crippen LogP contribution in [0.3, 0.4) is 0 Å². The molecule has 18 heavy (non-hydrogen) atoms. The first-order valence-electron chi connectivity index (χ1n) is 5.93. The Kier molecular flexibility index (Phi) is 5.70. The molecule has 1 aromatic rings. The van der Waals surface area contributed by atoms with Crippen LogP contribution in [0, 0.1) is 0 Å². The van der Waals surface area contributed by atoms with Gasteiger partial charge in [0.2, 0.25) is 5.91 Å². The molecule has 0 spiro atoms. The Hall–Kier alpha value is -2.04. The quantitative estimate of drug-likeness (QED) is 0.459. The van der Waals surface area contributed by atoms with Crippen molar-refractivity contribution >= 4 is 23.3 Å². The average molecular weight is 250 g/mol. The second-order valence-corrected chi connectivity index (χ2v) is 3.81. The van der Waals surface area contributed by atoms with E-state index in [2.05, 4.69) is 5.32 Å². The molecular formula is C13H18N2O3. The van der Waals surface area contributed by atoms with Crippen molar-refractivity contribution in [3.8, 4) is 0 Å². The molecule has 0 saturated heterocycles. The van der Waals surface area contributed by atoms with Gasteiger partial charge in [0.25, 0.3) is 0 Å². The first-order chi connectivity index (χ1) is 8.63. The standard InChI is InChI=1S/C13H18N2O3/c1-2-13(17)18-9-5-8-12(16)15-11-7-4-3-6-10(11)14/h3-4,6-7H,2,5,8-9,14H2,1H3,(H,15,16). The van der Waals surface area contributed by atoms with Crippen molar-refractivity contribution < 1.29 is 14.3 Å². The maximum Gasteiger partial charge on any atom is 0.305 e. The number of carbonyl (C=O) groups excluding carboxylic acids is 2. The molecule has 0 aromatic heterocycles. The monoisotopic (exact) mass is 250 g/mol. The molecule has 0 fully saturated rings. The van der Waals surface area contributed by atoms with E-state index in [0.29, 0.717) is 30.6 Å². The van der Waals surface area contributed by atoms with Gasteiger partial charge in [-0.1, -0.05) is 19.1 Å². The summed E-state index contributed by atoms with van der Waals surface area (Å²) >= 11 is 0. The van der Waals surface area contributed by atoms with Crippen LogP contribution in [0.15, 0.2) is 24.3 Å². The second-order valence-electron chi connectivity index (χ2n) is 3.81. The molecule has 1 rings (SSSR count). The van der Waals surface area contributed by atoms with E-state index in [1.54, 1.807) is 31.2 Å². The van der Waals surface area contributed by atoms with Crippen molar-refractivity contribution in [3.05, 3.63) is 24.3 Å². The number of rotatable bonds is 6. The third-order valence-electron chi connectivity index (χ3n) is 2.33. The number of anilines is 2. The van der Waals surface area contributed by atoms with E-state index in [1.165, 1.54) is 0 Å². The lowest BCUT2D eigenvalue weighted by atomic mass is 10.2. The smallest absolute Gasteiger partial charge is 0.305 e. The number of esters is 1. The number of hydrogen-bond donors (Lipinski definition) is 2. The molecule has 5 heteroatoms. The van der Waals surface area contributed by atoms with Crippen molar-refractivity contribution in [2.75, 3.05) is 17.7 Å². The molecule has 0 saturated carbocycles. The minimum absolute atomic E-state index is 0.138. The Bertz CT molecular complexity index is 418. The van der Waals surface area contributed by atoms with E-state index >= 15 is 0 Å². The number of amides is 1. The molecule has 98 valence electrons. The maximum atomic E-state index is 11.6. The number of ether oxygens (including phenoxy) is 1. The first kappa shape index (κ1) is 14.0. The van der Waals surface area contributed by atoms with Gasteiger partial charge in [-0.25, -0.2) is 0 Å². The highest BCUT2D eigenvalue weighted by molar-refractivity contribution is 5.93. The zero-order valence-corrected chi connectivity index (χ0v) is 10.4. The van der Waals surface area contributed by atoms with E-state index in [-0.39, 0.29) is 18.5 Å². The average Bonchev–Trinajstić information content (AvgIpc) is 2.37. The van der Waals surface area contributed by atoms with Gasteiger partial charge in [0.05, 0.1) is 18.0 Å². The highest BCUT2D eigenvalue weighted by Gasteiger charge is 2.05. The van der Waals surface area contributed by atoms with Gasteiger partial charge in [-0.05, 0) is 18.6 Å². The topological polar surface area (TPSA) is 81.4 Å². The molecule has 0 heterocycles. The zero-order chi connectivity index (χ0) is 13.4. The normalized spacial score (nSPS) is 9.83. The number of para-hydroxylation sites is 2. The predicted molar refractivity (Wildman–Crippen MR) is 70.0 cm³/mol. The molecule has 1 aromatic carbocycles. The van der Waals surface area contributed by atoms with Gasteiger partial charge in [0, 0.05) is 12.8 Å². The molecular weight excluding hydrogens is 232 g/mol. The maximum absolute atomic E-state index is 11.6. The lowest BCUT2D eigenvalue weighted by Gasteiger charge is -2.07. The molecule has 0 aliphatic heterocycles. The van der Waals surface area contributed by atoms with Crippen LogP contribution in [0.4, 0.5) is 11.4 Å². The van der Waals surface area contributed by atoms with Crippen LogP contribution in [0.1, 0.15) is 26.2 Å². The summed E-state index contributed by atoms with van der Waals surface area (Å²) < 4.78 is 4.87.